The Morgan fingerprint density at radius 2 is 1.74 bits per heavy atom. The molecule has 0 aliphatic heterocycles. The lowest BCUT2D eigenvalue weighted by atomic mass is 10.1. The molecule has 1 aromatic heterocycles. The summed E-state index contributed by atoms with van der Waals surface area (Å²) in [6.07, 6.45) is 0. The van der Waals surface area contributed by atoms with Crippen LogP contribution in [0.25, 0.3) is 22.6 Å². The second-order valence-corrected chi connectivity index (χ2v) is 7.86. The van der Waals surface area contributed by atoms with Gasteiger partial charge in [0.05, 0.1) is 5.56 Å². The number of nitrogens with one attached hydrogen (secondary N) is 2. The van der Waals surface area contributed by atoms with E-state index >= 15 is 0 Å². The summed E-state index contributed by atoms with van der Waals surface area (Å²) in [4.78, 5) is 16.9. The Balaban J connectivity index is 1.48. The van der Waals surface area contributed by atoms with Gasteiger partial charge in [-0.1, -0.05) is 23.8 Å². The van der Waals surface area contributed by atoms with Crippen LogP contribution >= 0.6 is 12.2 Å². The Bertz CT molecular complexity index is 1330. The second kappa shape index (κ2) is 8.20. The van der Waals surface area contributed by atoms with Crippen LogP contribution in [0.5, 0.6) is 5.75 Å². The number of rotatable bonds is 3. The molecular formula is C24H21N3O3S. The number of aryl methyl sites for hydroxylation is 3. The van der Waals surface area contributed by atoms with Crippen LogP contribution in [0.2, 0.25) is 0 Å². The molecule has 0 fully saturated rings. The summed E-state index contributed by atoms with van der Waals surface area (Å²) in [6, 6.07) is 16.2. The van der Waals surface area contributed by atoms with Gasteiger partial charge in [-0.05, 0) is 74.4 Å². The van der Waals surface area contributed by atoms with Crippen LogP contribution in [0.15, 0.2) is 59.0 Å². The number of hydrogen-bond donors (Lipinski definition) is 3. The van der Waals surface area contributed by atoms with Gasteiger partial charge in [-0.3, -0.25) is 10.1 Å². The maximum atomic E-state index is 12.5. The molecule has 0 unspecified atom stereocenters. The highest BCUT2D eigenvalue weighted by Crippen LogP contribution is 2.33. The van der Waals surface area contributed by atoms with E-state index in [9.17, 15) is 9.90 Å². The number of aromatic nitrogens is 1. The number of hydrogen-bond acceptors (Lipinski definition) is 5. The molecule has 31 heavy (non-hydrogen) atoms. The number of oxazole rings is 1. The minimum atomic E-state index is -0.294. The first-order chi connectivity index (χ1) is 14.8. The number of anilines is 1. The fourth-order valence-electron chi connectivity index (χ4n) is 3.34. The van der Waals surface area contributed by atoms with E-state index in [1.807, 2.05) is 51.1 Å². The van der Waals surface area contributed by atoms with E-state index in [4.69, 9.17) is 16.6 Å². The summed E-state index contributed by atoms with van der Waals surface area (Å²) in [6.45, 7) is 5.83. The maximum Gasteiger partial charge on any atom is 0.257 e. The lowest BCUT2D eigenvalue weighted by Crippen LogP contribution is -2.34. The Labute approximate surface area is 184 Å². The zero-order valence-electron chi connectivity index (χ0n) is 17.3. The Hall–Kier alpha value is -3.71. The van der Waals surface area contributed by atoms with E-state index in [0.29, 0.717) is 28.3 Å². The van der Waals surface area contributed by atoms with E-state index in [2.05, 4.69) is 15.6 Å². The third kappa shape index (κ3) is 4.41. The zero-order valence-corrected chi connectivity index (χ0v) is 18.1. The molecule has 1 amide bonds. The van der Waals surface area contributed by atoms with Crippen LogP contribution in [0, 0.1) is 20.8 Å². The second-order valence-electron chi connectivity index (χ2n) is 7.45. The average Bonchev–Trinajstić information content (AvgIpc) is 3.10. The highest BCUT2D eigenvalue weighted by Gasteiger charge is 2.14. The van der Waals surface area contributed by atoms with Crippen molar-refractivity contribution in [3.8, 4) is 17.2 Å². The summed E-state index contributed by atoms with van der Waals surface area (Å²) in [5, 5.41) is 16.2. The number of carbonyl (C=O) groups is 1. The molecule has 0 saturated heterocycles. The van der Waals surface area contributed by atoms with Gasteiger partial charge in [-0.25, -0.2) is 4.98 Å². The van der Waals surface area contributed by atoms with Crippen LogP contribution < -0.4 is 10.6 Å². The van der Waals surface area contributed by atoms with Crippen molar-refractivity contribution in [3.63, 3.8) is 0 Å². The molecule has 0 spiro atoms. The molecule has 3 aromatic carbocycles. The molecule has 3 N–H and O–H groups in total. The number of nitrogens with zero attached hydrogens (tertiary/aromatic N) is 1. The van der Waals surface area contributed by atoms with Crippen LogP contribution in [0.1, 0.15) is 27.0 Å². The van der Waals surface area contributed by atoms with Crippen LogP contribution in [0.3, 0.4) is 0 Å². The molecule has 0 radical (unpaired) electrons. The first kappa shape index (κ1) is 20.6. The van der Waals surface area contributed by atoms with Crippen LogP contribution in [-0.2, 0) is 0 Å². The predicted molar refractivity (Wildman–Crippen MR) is 125 cm³/mol. The van der Waals surface area contributed by atoms with E-state index in [1.165, 1.54) is 6.07 Å². The number of carbonyl (C=O) groups excluding carboxylic acids is 1. The van der Waals surface area contributed by atoms with Crippen molar-refractivity contribution < 1.29 is 14.3 Å². The van der Waals surface area contributed by atoms with Crippen molar-refractivity contribution in [2.45, 2.75) is 20.8 Å². The maximum absolute atomic E-state index is 12.5. The number of phenols is 1. The molecule has 0 aliphatic rings. The summed E-state index contributed by atoms with van der Waals surface area (Å²) >= 11 is 5.25. The largest absolute Gasteiger partial charge is 0.507 e. The van der Waals surface area contributed by atoms with Crippen molar-refractivity contribution >= 4 is 40.0 Å². The molecule has 4 rings (SSSR count). The van der Waals surface area contributed by atoms with Gasteiger partial charge in [0.2, 0.25) is 5.89 Å². The van der Waals surface area contributed by atoms with Gasteiger partial charge in [0.15, 0.2) is 10.7 Å². The minimum Gasteiger partial charge on any atom is -0.507 e. The molecular weight excluding hydrogens is 410 g/mol. The third-order valence-electron chi connectivity index (χ3n) is 4.88. The molecule has 0 saturated carbocycles. The van der Waals surface area contributed by atoms with E-state index in [0.717, 1.165) is 22.2 Å². The van der Waals surface area contributed by atoms with Crippen molar-refractivity contribution in [2.75, 3.05) is 5.32 Å². The SMILES string of the molecule is Cc1ccc(C(=O)NC(=S)Nc2ccc(-c3nc4cc(C)ccc4o3)c(O)c2)c(C)c1. The Morgan fingerprint density at radius 3 is 2.48 bits per heavy atom. The molecule has 1 heterocycles. The topological polar surface area (TPSA) is 87.4 Å². The Morgan fingerprint density at radius 1 is 1.00 bits per heavy atom. The normalized spacial score (nSPS) is 10.8. The van der Waals surface area contributed by atoms with Crippen LogP contribution in [-0.4, -0.2) is 21.1 Å². The quantitative estimate of drug-likeness (QED) is 0.384. The monoisotopic (exact) mass is 431 g/mol. The lowest BCUT2D eigenvalue weighted by Gasteiger charge is -2.12. The summed E-state index contributed by atoms with van der Waals surface area (Å²) in [7, 11) is 0. The van der Waals surface area contributed by atoms with E-state index < -0.39 is 0 Å². The average molecular weight is 432 g/mol. The molecule has 156 valence electrons. The highest BCUT2D eigenvalue weighted by atomic mass is 32.1. The molecule has 6 nitrogen and oxygen atoms in total. The fourth-order valence-corrected chi connectivity index (χ4v) is 3.55. The van der Waals surface area contributed by atoms with E-state index in [1.54, 1.807) is 18.2 Å². The molecule has 0 aliphatic carbocycles. The van der Waals surface area contributed by atoms with Gasteiger partial charge in [0, 0.05) is 17.3 Å². The summed E-state index contributed by atoms with van der Waals surface area (Å²) in [5.41, 5.74) is 5.95. The first-order valence-corrected chi connectivity index (χ1v) is 10.1. The molecule has 0 bridgehead atoms. The summed E-state index contributed by atoms with van der Waals surface area (Å²) < 4.78 is 5.76. The van der Waals surface area contributed by atoms with Gasteiger partial charge >= 0.3 is 0 Å². The van der Waals surface area contributed by atoms with Gasteiger partial charge in [0.25, 0.3) is 5.91 Å². The van der Waals surface area contributed by atoms with E-state index in [-0.39, 0.29) is 16.8 Å². The summed E-state index contributed by atoms with van der Waals surface area (Å²) in [5.74, 6) is 0.0183. The number of thiocarbonyl (C=S) groups is 1. The predicted octanol–water partition coefficient (Wildman–Crippen LogP) is 5.25. The number of aromatic hydroxyl groups is 1. The molecule has 7 heteroatoms. The Kier molecular flexibility index (Phi) is 5.44. The first-order valence-electron chi connectivity index (χ1n) is 9.70. The fraction of sp³-hybridized carbons (Fsp3) is 0.125. The van der Waals surface area contributed by atoms with Gasteiger partial charge < -0.3 is 14.8 Å². The number of fused-ring (bicyclic) bond motifs is 1. The number of benzene rings is 3. The highest BCUT2D eigenvalue weighted by molar-refractivity contribution is 7.80. The lowest BCUT2D eigenvalue weighted by molar-refractivity contribution is 0.0977. The van der Waals surface area contributed by atoms with Crippen molar-refractivity contribution in [2.24, 2.45) is 0 Å². The van der Waals surface area contributed by atoms with Crippen molar-refractivity contribution in [1.82, 2.24) is 10.3 Å². The standard InChI is InChI=1S/C24H21N3O3S/c1-13-4-7-17(15(3)10-13)22(29)27-24(31)25-16-6-8-18(20(28)12-16)23-26-19-11-14(2)5-9-21(19)30-23/h4-12,28H,1-3H3,(H2,25,27,29,31). The van der Waals surface area contributed by atoms with Crippen molar-refractivity contribution in [3.05, 3.63) is 76.9 Å². The smallest absolute Gasteiger partial charge is 0.257 e. The third-order valence-corrected chi connectivity index (χ3v) is 5.09. The van der Waals surface area contributed by atoms with Gasteiger partial charge in [0.1, 0.15) is 11.3 Å². The van der Waals surface area contributed by atoms with Crippen LogP contribution in [0.4, 0.5) is 5.69 Å². The molecule has 4 aromatic rings. The van der Waals surface area contributed by atoms with Crippen molar-refractivity contribution in [1.29, 1.82) is 0 Å². The number of amides is 1. The van der Waals surface area contributed by atoms with Gasteiger partial charge in [-0.2, -0.15) is 0 Å². The zero-order chi connectivity index (χ0) is 22.1. The minimum absolute atomic E-state index is 0.0169. The molecule has 0 atom stereocenters. The number of phenolic OH excluding ortho intramolecular Hbond substituents is 1. The van der Waals surface area contributed by atoms with Gasteiger partial charge in [-0.15, -0.1) is 0 Å².